The summed E-state index contributed by atoms with van der Waals surface area (Å²) in [5.74, 6) is -10.0. The molecule has 1 aliphatic carbocycles. The van der Waals surface area contributed by atoms with Crippen molar-refractivity contribution >= 4 is 0 Å². The second-order valence-corrected chi connectivity index (χ2v) is 11.0. The molecule has 1 fully saturated rings. The van der Waals surface area contributed by atoms with Gasteiger partial charge in [-0.2, -0.15) is 8.78 Å². The fourth-order valence-corrected chi connectivity index (χ4v) is 5.81. The lowest BCUT2D eigenvalue weighted by Gasteiger charge is -2.28. The molecule has 0 heterocycles. The Kier molecular flexibility index (Phi) is 9.13. The fourth-order valence-electron chi connectivity index (χ4n) is 5.81. The zero-order valence-electron chi connectivity index (χ0n) is 23.5. The molecule has 0 unspecified atom stereocenters. The van der Waals surface area contributed by atoms with Gasteiger partial charge in [-0.05, 0) is 90.8 Å². The Morgan fingerprint density at radius 3 is 1.82 bits per heavy atom. The van der Waals surface area contributed by atoms with Crippen LogP contribution in [0.3, 0.4) is 0 Å². The van der Waals surface area contributed by atoms with E-state index in [0.29, 0.717) is 23.6 Å². The number of alkyl halides is 2. The van der Waals surface area contributed by atoms with Crippen LogP contribution in [0.1, 0.15) is 55.6 Å². The molecule has 230 valence electrons. The van der Waals surface area contributed by atoms with Crippen LogP contribution in [0, 0.1) is 40.8 Å². The van der Waals surface area contributed by atoms with E-state index in [0.717, 1.165) is 30.7 Å². The van der Waals surface area contributed by atoms with E-state index in [2.05, 4.69) is 11.3 Å². The van der Waals surface area contributed by atoms with E-state index in [1.165, 1.54) is 37.0 Å². The van der Waals surface area contributed by atoms with Crippen LogP contribution in [0.5, 0.6) is 5.75 Å². The Bertz CT molecular complexity index is 1610. The molecule has 5 rings (SSSR count). The van der Waals surface area contributed by atoms with Crippen molar-refractivity contribution in [1.29, 1.82) is 0 Å². The van der Waals surface area contributed by atoms with E-state index in [9.17, 15) is 30.7 Å². The first kappa shape index (κ1) is 31.3. The summed E-state index contributed by atoms with van der Waals surface area (Å²) in [5.41, 5.74) is -0.00104. The standard InChI is InChI=1S/C35H28F8O/c1-2-3-4-20-5-7-21(8-6-20)22-9-11-23(12-10-22)24-13-14-27(28(36)15-24)25-16-29(37)33(30(38)17-25)35(42,43)44-26-18-31(39)34(41)32(40)19-26/h2,9-21H,1,3-8H2. The molecule has 0 spiro atoms. The molecule has 9 heteroatoms. The van der Waals surface area contributed by atoms with Crippen molar-refractivity contribution < 1.29 is 39.9 Å². The van der Waals surface area contributed by atoms with Crippen molar-refractivity contribution in [3.63, 3.8) is 0 Å². The van der Waals surface area contributed by atoms with Gasteiger partial charge in [0.25, 0.3) is 0 Å². The minimum absolute atomic E-state index is 0.109. The normalized spacial score (nSPS) is 17.0. The highest BCUT2D eigenvalue weighted by Gasteiger charge is 2.41. The zero-order chi connectivity index (χ0) is 31.6. The molecule has 0 amide bonds. The van der Waals surface area contributed by atoms with Crippen molar-refractivity contribution in [2.24, 2.45) is 5.92 Å². The van der Waals surface area contributed by atoms with Crippen molar-refractivity contribution in [1.82, 2.24) is 0 Å². The third kappa shape index (κ3) is 6.66. The monoisotopic (exact) mass is 616 g/mol. The number of hydrogen-bond acceptors (Lipinski definition) is 1. The maximum Gasteiger partial charge on any atom is 0.432 e. The third-order valence-electron chi connectivity index (χ3n) is 8.16. The van der Waals surface area contributed by atoms with Crippen LogP contribution in [-0.2, 0) is 6.11 Å². The largest absolute Gasteiger partial charge is 0.432 e. The predicted molar refractivity (Wildman–Crippen MR) is 152 cm³/mol. The lowest BCUT2D eigenvalue weighted by molar-refractivity contribution is -0.189. The molecular weight excluding hydrogens is 588 g/mol. The average Bonchev–Trinajstić information content (AvgIpc) is 2.98. The van der Waals surface area contributed by atoms with Gasteiger partial charge in [-0.25, -0.2) is 26.3 Å². The maximum absolute atomic E-state index is 15.2. The zero-order valence-corrected chi connectivity index (χ0v) is 23.5. The molecule has 1 saturated carbocycles. The van der Waals surface area contributed by atoms with Crippen LogP contribution in [0.2, 0.25) is 0 Å². The molecule has 0 saturated heterocycles. The summed E-state index contributed by atoms with van der Waals surface area (Å²) in [6.07, 6.45) is 3.98. The van der Waals surface area contributed by atoms with Crippen LogP contribution in [0.15, 0.2) is 79.4 Å². The smallest absolute Gasteiger partial charge is 0.429 e. The van der Waals surface area contributed by atoms with Crippen LogP contribution < -0.4 is 4.74 Å². The molecule has 1 nitrogen and oxygen atoms in total. The SMILES string of the molecule is C=CCCC1CCC(c2ccc(-c3ccc(-c4cc(F)c(C(F)(F)Oc5cc(F)c(F)c(F)c5)c(F)c4)c(F)c3)cc2)CC1. The van der Waals surface area contributed by atoms with Crippen LogP contribution in [0.4, 0.5) is 35.1 Å². The first-order valence-electron chi connectivity index (χ1n) is 14.2. The van der Waals surface area contributed by atoms with E-state index in [1.807, 2.05) is 30.3 Å². The van der Waals surface area contributed by atoms with Gasteiger partial charge in [0.05, 0.1) is 0 Å². The van der Waals surface area contributed by atoms with Crippen LogP contribution in [0.25, 0.3) is 22.3 Å². The lowest BCUT2D eigenvalue weighted by atomic mass is 9.77. The highest BCUT2D eigenvalue weighted by Crippen LogP contribution is 2.40. The van der Waals surface area contributed by atoms with Crippen molar-refractivity contribution in [2.75, 3.05) is 0 Å². The molecule has 0 atom stereocenters. The molecular formula is C35H28F8O. The Morgan fingerprint density at radius 1 is 0.682 bits per heavy atom. The molecule has 0 aliphatic heterocycles. The quantitative estimate of drug-likeness (QED) is 0.103. The second-order valence-electron chi connectivity index (χ2n) is 11.0. The van der Waals surface area contributed by atoms with Crippen LogP contribution >= 0.6 is 0 Å². The van der Waals surface area contributed by atoms with Gasteiger partial charge < -0.3 is 4.74 Å². The topological polar surface area (TPSA) is 9.23 Å². The number of halogens is 8. The van der Waals surface area contributed by atoms with E-state index in [-0.39, 0.29) is 23.3 Å². The molecule has 4 aromatic rings. The second kappa shape index (κ2) is 12.8. The highest BCUT2D eigenvalue weighted by atomic mass is 19.3. The minimum Gasteiger partial charge on any atom is -0.429 e. The van der Waals surface area contributed by atoms with E-state index < -0.39 is 52.3 Å². The first-order valence-corrected chi connectivity index (χ1v) is 14.2. The van der Waals surface area contributed by atoms with Crippen LogP contribution in [-0.4, -0.2) is 0 Å². The van der Waals surface area contributed by atoms with Gasteiger partial charge in [-0.15, -0.1) is 6.58 Å². The molecule has 4 aromatic carbocycles. The first-order chi connectivity index (χ1) is 21.0. The predicted octanol–water partition coefficient (Wildman–Crippen LogP) is 11.2. The number of rotatable bonds is 9. The van der Waals surface area contributed by atoms with Crippen molar-refractivity contribution in [3.05, 3.63) is 125 Å². The fraction of sp³-hybridized carbons (Fsp3) is 0.257. The molecule has 0 radical (unpaired) electrons. The summed E-state index contributed by atoms with van der Waals surface area (Å²) < 4.78 is 118. The average molecular weight is 617 g/mol. The van der Waals surface area contributed by atoms with Gasteiger partial charge in [0.15, 0.2) is 17.5 Å². The summed E-state index contributed by atoms with van der Waals surface area (Å²) in [6, 6.07) is 13.1. The van der Waals surface area contributed by atoms with Gasteiger partial charge in [0.2, 0.25) is 0 Å². The Labute approximate surface area is 249 Å². The molecule has 0 N–H and O–H groups in total. The lowest BCUT2D eigenvalue weighted by Crippen LogP contribution is -2.25. The maximum atomic E-state index is 15.2. The molecule has 1 aliphatic rings. The van der Waals surface area contributed by atoms with Crippen molar-refractivity contribution in [3.8, 4) is 28.0 Å². The Balaban J connectivity index is 1.32. The minimum atomic E-state index is -4.75. The number of allylic oxidation sites excluding steroid dienone is 1. The van der Waals surface area contributed by atoms with Gasteiger partial charge in [0.1, 0.15) is 28.8 Å². The number of hydrogen-bond donors (Lipinski definition) is 0. The van der Waals surface area contributed by atoms with E-state index in [4.69, 9.17) is 0 Å². The molecule has 0 bridgehead atoms. The summed E-state index contributed by atoms with van der Waals surface area (Å²) in [5, 5.41) is 0. The van der Waals surface area contributed by atoms with E-state index >= 15 is 4.39 Å². The summed E-state index contributed by atoms with van der Waals surface area (Å²) in [6.45, 7) is 3.79. The number of ether oxygens (including phenoxy) is 1. The van der Waals surface area contributed by atoms with E-state index in [1.54, 1.807) is 6.07 Å². The number of benzene rings is 4. The van der Waals surface area contributed by atoms with Gasteiger partial charge >= 0.3 is 6.11 Å². The Hall–Kier alpha value is -4.14. The Morgan fingerprint density at radius 2 is 1.25 bits per heavy atom. The molecule has 44 heavy (non-hydrogen) atoms. The van der Waals surface area contributed by atoms with Gasteiger partial charge in [0, 0.05) is 17.7 Å². The third-order valence-corrected chi connectivity index (χ3v) is 8.16. The van der Waals surface area contributed by atoms with Crippen molar-refractivity contribution in [2.45, 2.75) is 50.6 Å². The summed E-state index contributed by atoms with van der Waals surface area (Å²) in [7, 11) is 0. The summed E-state index contributed by atoms with van der Waals surface area (Å²) >= 11 is 0. The molecule has 0 aromatic heterocycles. The van der Waals surface area contributed by atoms with Gasteiger partial charge in [-0.1, -0.05) is 42.5 Å². The summed E-state index contributed by atoms with van der Waals surface area (Å²) in [4.78, 5) is 0. The van der Waals surface area contributed by atoms with Gasteiger partial charge in [-0.3, -0.25) is 0 Å². The highest BCUT2D eigenvalue weighted by molar-refractivity contribution is 5.71.